The van der Waals surface area contributed by atoms with Crippen molar-refractivity contribution < 1.29 is 14.7 Å². The third-order valence-electron chi connectivity index (χ3n) is 2.90. The van der Waals surface area contributed by atoms with Crippen LogP contribution < -0.4 is 5.32 Å². The highest BCUT2D eigenvalue weighted by molar-refractivity contribution is 7.99. The Labute approximate surface area is 109 Å². The molecule has 1 amide bonds. The number of hydrogen-bond acceptors (Lipinski definition) is 4. The fraction of sp³-hybridized carbons (Fsp3) is 0.417. The minimum atomic E-state index is -1.15. The third kappa shape index (κ3) is 2.48. The number of carbonyl (C=O) groups excluding carboxylic acids is 1. The van der Waals surface area contributed by atoms with Gasteiger partial charge in [0.05, 0.1) is 0 Å². The Kier molecular flexibility index (Phi) is 3.56. The molecule has 2 heterocycles. The molecule has 1 saturated heterocycles. The van der Waals surface area contributed by atoms with E-state index in [0.29, 0.717) is 12.2 Å². The second-order valence-electron chi connectivity index (χ2n) is 4.31. The van der Waals surface area contributed by atoms with Crippen molar-refractivity contribution in [2.75, 3.05) is 11.5 Å². The van der Waals surface area contributed by atoms with Crippen molar-refractivity contribution in [3.8, 4) is 0 Å². The molecule has 2 N–H and O–H groups in total. The Morgan fingerprint density at radius 3 is 2.83 bits per heavy atom. The van der Waals surface area contributed by atoms with Crippen molar-refractivity contribution in [2.24, 2.45) is 0 Å². The highest BCUT2D eigenvalue weighted by Crippen LogP contribution is 2.28. The number of thioether (sulfide) groups is 1. The number of nitrogens with zero attached hydrogens (tertiary/aromatic N) is 1. The van der Waals surface area contributed by atoms with Gasteiger partial charge in [-0.15, -0.1) is 0 Å². The number of carbonyl (C=O) groups is 2. The Balaban J connectivity index is 2.18. The van der Waals surface area contributed by atoms with Crippen LogP contribution in [0, 0.1) is 6.92 Å². The first-order valence-electron chi connectivity index (χ1n) is 5.61. The van der Waals surface area contributed by atoms with Crippen molar-refractivity contribution >= 4 is 23.6 Å². The van der Waals surface area contributed by atoms with Crippen LogP contribution in [0.2, 0.25) is 0 Å². The van der Waals surface area contributed by atoms with E-state index in [-0.39, 0.29) is 5.69 Å². The van der Waals surface area contributed by atoms with Gasteiger partial charge in [-0.2, -0.15) is 11.8 Å². The molecular weight excluding hydrogens is 252 g/mol. The molecule has 1 aromatic rings. The third-order valence-corrected chi connectivity index (χ3v) is 4.09. The van der Waals surface area contributed by atoms with Gasteiger partial charge in [0.2, 0.25) is 0 Å². The zero-order valence-electron chi connectivity index (χ0n) is 9.97. The van der Waals surface area contributed by atoms with E-state index in [4.69, 9.17) is 0 Å². The summed E-state index contributed by atoms with van der Waals surface area (Å²) in [6, 6.07) is 5.10. The van der Waals surface area contributed by atoms with Gasteiger partial charge in [-0.3, -0.25) is 4.79 Å². The number of carboxylic acid groups (broad SMARTS) is 1. The number of rotatable bonds is 3. The van der Waals surface area contributed by atoms with Gasteiger partial charge in [0.15, 0.2) is 0 Å². The van der Waals surface area contributed by atoms with Gasteiger partial charge in [0, 0.05) is 11.4 Å². The molecule has 0 aliphatic carbocycles. The number of aromatic nitrogens is 1. The highest BCUT2D eigenvalue weighted by Gasteiger charge is 2.43. The topological polar surface area (TPSA) is 79.3 Å². The molecule has 96 valence electrons. The number of nitrogens with one attached hydrogen (secondary N) is 1. The Morgan fingerprint density at radius 2 is 2.28 bits per heavy atom. The average molecular weight is 266 g/mol. The molecule has 18 heavy (non-hydrogen) atoms. The van der Waals surface area contributed by atoms with E-state index in [1.165, 1.54) is 11.8 Å². The van der Waals surface area contributed by atoms with E-state index in [9.17, 15) is 14.7 Å². The van der Waals surface area contributed by atoms with Crippen LogP contribution in [-0.2, 0) is 4.79 Å². The summed E-state index contributed by atoms with van der Waals surface area (Å²) in [7, 11) is 0. The van der Waals surface area contributed by atoms with Gasteiger partial charge >= 0.3 is 5.97 Å². The fourth-order valence-electron chi connectivity index (χ4n) is 1.84. The quantitative estimate of drug-likeness (QED) is 0.856. The van der Waals surface area contributed by atoms with E-state index in [1.54, 1.807) is 25.1 Å². The summed E-state index contributed by atoms with van der Waals surface area (Å²) in [5.41, 5.74) is -0.159. The van der Waals surface area contributed by atoms with E-state index in [0.717, 1.165) is 11.4 Å². The molecule has 0 bridgehead atoms. The van der Waals surface area contributed by atoms with Gasteiger partial charge in [0.25, 0.3) is 5.91 Å². The molecule has 2 rings (SSSR count). The number of hydrogen-bond donors (Lipinski definition) is 2. The zero-order valence-corrected chi connectivity index (χ0v) is 10.8. The lowest BCUT2D eigenvalue weighted by molar-refractivity contribution is -0.143. The minimum absolute atomic E-state index is 0.257. The standard InChI is InChI=1S/C12H14N2O3S/c1-8-3-2-4-9(13-8)10(15)14-12(11(16)17)5-6-18-7-12/h2-4H,5-7H2,1H3,(H,14,15)(H,16,17). The molecule has 0 aromatic carbocycles. The summed E-state index contributed by atoms with van der Waals surface area (Å²) in [5.74, 6) is -0.259. The average Bonchev–Trinajstić information content (AvgIpc) is 2.79. The summed E-state index contributed by atoms with van der Waals surface area (Å²) < 4.78 is 0. The number of carboxylic acids is 1. The fourth-order valence-corrected chi connectivity index (χ4v) is 3.16. The Hall–Kier alpha value is -1.56. The van der Waals surface area contributed by atoms with Crippen LogP contribution in [0.4, 0.5) is 0 Å². The molecule has 0 radical (unpaired) electrons. The van der Waals surface area contributed by atoms with Crippen LogP contribution in [0.25, 0.3) is 0 Å². The largest absolute Gasteiger partial charge is 0.479 e. The van der Waals surface area contributed by atoms with Crippen LogP contribution in [0.5, 0.6) is 0 Å². The predicted molar refractivity (Wildman–Crippen MR) is 68.7 cm³/mol. The molecule has 1 fully saturated rings. The van der Waals surface area contributed by atoms with Gasteiger partial charge in [-0.05, 0) is 31.2 Å². The predicted octanol–water partition coefficient (Wildman–Crippen LogP) is 1.08. The molecule has 5 nitrogen and oxygen atoms in total. The van der Waals surface area contributed by atoms with E-state index < -0.39 is 17.4 Å². The van der Waals surface area contributed by atoms with Crippen LogP contribution in [-0.4, -0.2) is 39.0 Å². The maximum Gasteiger partial charge on any atom is 0.330 e. The van der Waals surface area contributed by atoms with Crippen molar-refractivity contribution in [3.63, 3.8) is 0 Å². The number of pyridine rings is 1. The van der Waals surface area contributed by atoms with Crippen LogP contribution in [0.3, 0.4) is 0 Å². The minimum Gasteiger partial charge on any atom is -0.479 e. The maximum atomic E-state index is 12.0. The van der Waals surface area contributed by atoms with Gasteiger partial charge < -0.3 is 10.4 Å². The Bertz CT molecular complexity index is 484. The van der Waals surface area contributed by atoms with E-state index in [2.05, 4.69) is 10.3 Å². The van der Waals surface area contributed by atoms with E-state index >= 15 is 0 Å². The first-order valence-corrected chi connectivity index (χ1v) is 6.76. The highest BCUT2D eigenvalue weighted by atomic mass is 32.2. The lowest BCUT2D eigenvalue weighted by atomic mass is 9.99. The molecule has 0 spiro atoms. The molecule has 1 unspecified atom stereocenters. The summed E-state index contributed by atoms with van der Waals surface area (Å²) >= 11 is 1.53. The molecule has 1 aromatic heterocycles. The van der Waals surface area contributed by atoms with Gasteiger partial charge in [-0.25, -0.2) is 9.78 Å². The smallest absolute Gasteiger partial charge is 0.330 e. The summed E-state index contributed by atoms with van der Waals surface area (Å²) in [4.78, 5) is 27.4. The van der Waals surface area contributed by atoms with Crippen molar-refractivity contribution in [2.45, 2.75) is 18.9 Å². The summed E-state index contributed by atoms with van der Waals surface area (Å²) in [5, 5.41) is 11.9. The first kappa shape index (κ1) is 12.9. The molecule has 0 saturated carbocycles. The number of aryl methyl sites for hydroxylation is 1. The molecule has 1 atom stereocenters. The van der Waals surface area contributed by atoms with Gasteiger partial charge in [0.1, 0.15) is 11.2 Å². The van der Waals surface area contributed by atoms with Crippen LogP contribution in [0.15, 0.2) is 18.2 Å². The monoisotopic (exact) mass is 266 g/mol. The van der Waals surface area contributed by atoms with Crippen LogP contribution >= 0.6 is 11.8 Å². The Morgan fingerprint density at radius 1 is 1.50 bits per heavy atom. The van der Waals surface area contributed by atoms with Crippen molar-refractivity contribution in [1.29, 1.82) is 0 Å². The van der Waals surface area contributed by atoms with Gasteiger partial charge in [-0.1, -0.05) is 6.07 Å². The van der Waals surface area contributed by atoms with Crippen LogP contribution in [0.1, 0.15) is 22.6 Å². The maximum absolute atomic E-state index is 12.0. The zero-order chi connectivity index (χ0) is 13.2. The second-order valence-corrected chi connectivity index (χ2v) is 5.41. The number of aliphatic carboxylic acids is 1. The lowest BCUT2D eigenvalue weighted by Gasteiger charge is -2.24. The molecular formula is C12H14N2O3S. The second kappa shape index (κ2) is 4.97. The van der Waals surface area contributed by atoms with E-state index in [1.807, 2.05) is 0 Å². The molecule has 6 heteroatoms. The summed E-state index contributed by atoms with van der Waals surface area (Å²) in [6.45, 7) is 1.79. The number of amides is 1. The first-order chi connectivity index (χ1) is 8.53. The SMILES string of the molecule is Cc1cccc(C(=O)NC2(C(=O)O)CCSC2)n1. The normalized spacial score (nSPS) is 22.7. The summed E-state index contributed by atoms with van der Waals surface area (Å²) in [6.07, 6.45) is 0.449. The van der Waals surface area contributed by atoms with Crippen molar-refractivity contribution in [3.05, 3.63) is 29.6 Å². The van der Waals surface area contributed by atoms with Crippen molar-refractivity contribution in [1.82, 2.24) is 10.3 Å². The molecule has 1 aliphatic heterocycles. The molecule has 1 aliphatic rings. The lowest BCUT2D eigenvalue weighted by Crippen LogP contribution is -2.54.